The molecule has 0 aliphatic carbocycles. The Kier molecular flexibility index (Phi) is 4.90. The van der Waals surface area contributed by atoms with Crippen LogP contribution in [0.2, 0.25) is 0 Å². The second-order valence-electron chi connectivity index (χ2n) is 6.35. The van der Waals surface area contributed by atoms with Gasteiger partial charge >= 0.3 is 0 Å². The van der Waals surface area contributed by atoms with E-state index in [9.17, 15) is 14.7 Å². The Morgan fingerprint density at radius 3 is 2.52 bits per heavy atom. The van der Waals surface area contributed by atoms with Crippen LogP contribution < -0.4 is 10.2 Å². The number of aliphatic hydroxyl groups is 1. The van der Waals surface area contributed by atoms with E-state index in [1.165, 1.54) is 6.07 Å². The second kappa shape index (κ2) is 7.11. The van der Waals surface area contributed by atoms with Gasteiger partial charge in [0.15, 0.2) is 11.4 Å². The molecule has 1 aromatic carbocycles. The van der Waals surface area contributed by atoms with Crippen LogP contribution in [-0.4, -0.2) is 33.1 Å². The normalized spacial score (nSPS) is 13.9. The Morgan fingerprint density at radius 2 is 1.88 bits per heavy atom. The number of ether oxygens (including phenoxy) is 1. The topological polar surface area (TPSA) is 71.8 Å². The highest BCUT2D eigenvalue weighted by Crippen LogP contribution is 2.24. The first kappa shape index (κ1) is 17.2. The highest BCUT2D eigenvalue weighted by molar-refractivity contribution is 5.96. The predicted octanol–water partition coefficient (Wildman–Crippen LogP) is 1.78. The average Bonchev–Trinajstić information content (AvgIpc) is 2.61. The van der Waals surface area contributed by atoms with Crippen LogP contribution in [0.15, 0.2) is 41.2 Å². The molecule has 6 nitrogen and oxygen atoms in total. The number of aliphatic hydroxyl groups excluding tert-OH is 1. The molecule has 0 saturated carbocycles. The predicted molar refractivity (Wildman–Crippen MR) is 93.6 cm³/mol. The standard InChI is InChI=1S/C19H22N2O4/c1-13(2)20-8-9-21-15(11-22)10-16(23)18(17(21)19(20)24)25-12-14-6-4-3-5-7-14/h3-7,10,13,22H,8-9,11-12H2,1-2H3. The van der Waals surface area contributed by atoms with E-state index in [0.717, 1.165) is 5.56 Å². The highest BCUT2D eigenvalue weighted by Gasteiger charge is 2.32. The van der Waals surface area contributed by atoms with Crippen LogP contribution in [0.5, 0.6) is 5.75 Å². The fourth-order valence-corrected chi connectivity index (χ4v) is 3.08. The van der Waals surface area contributed by atoms with Gasteiger partial charge in [-0.2, -0.15) is 0 Å². The van der Waals surface area contributed by atoms with Gasteiger partial charge in [-0.1, -0.05) is 30.3 Å². The van der Waals surface area contributed by atoms with Crippen LogP contribution in [0.4, 0.5) is 0 Å². The zero-order valence-electron chi connectivity index (χ0n) is 14.4. The Labute approximate surface area is 146 Å². The minimum atomic E-state index is -0.384. The Balaban J connectivity index is 2.03. The van der Waals surface area contributed by atoms with Crippen LogP contribution in [0.1, 0.15) is 35.6 Å². The van der Waals surface area contributed by atoms with Gasteiger partial charge < -0.3 is 19.3 Å². The van der Waals surface area contributed by atoms with Crippen molar-refractivity contribution in [2.24, 2.45) is 0 Å². The van der Waals surface area contributed by atoms with Crippen molar-refractivity contribution in [3.05, 3.63) is 63.6 Å². The molecule has 1 aromatic heterocycles. The molecular weight excluding hydrogens is 320 g/mol. The monoisotopic (exact) mass is 342 g/mol. The van der Waals surface area contributed by atoms with E-state index in [2.05, 4.69) is 0 Å². The number of nitrogens with zero attached hydrogens (tertiary/aromatic N) is 2. The van der Waals surface area contributed by atoms with Crippen molar-refractivity contribution < 1.29 is 14.6 Å². The van der Waals surface area contributed by atoms with Gasteiger partial charge in [-0.25, -0.2) is 0 Å². The van der Waals surface area contributed by atoms with E-state index < -0.39 is 0 Å². The summed E-state index contributed by atoms with van der Waals surface area (Å²) >= 11 is 0. The van der Waals surface area contributed by atoms with E-state index in [1.54, 1.807) is 9.47 Å². The molecule has 0 fully saturated rings. The molecule has 2 aromatic rings. The van der Waals surface area contributed by atoms with Crippen molar-refractivity contribution >= 4 is 5.91 Å². The van der Waals surface area contributed by atoms with Gasteiger partial charge in [0.05, 0.1) is 6.61 Å². The van der Waals surface area contributed by atoms with E-state index >= 15 is 0 Å². The van der Waals surface area contributed by atoms with Crippen LogP contribution in [0.25, 0.3) is 0 Å². The molecule has 1 amide bonds. The van der Waals surface area contributed by atoms with Crippen molar-refractivity contribution in [3.63, 3.8) is 0 Å². The molecule has 0 unspecified atom stereocenters. The number of hydrogen-bond acceptors (Lipinski definition) is 4. The maximum atomic E-state index is 12.9. The number of hydrogen-bond donors (Lipinski definition) is 1. The summed E-state index contributed by atoms with van der Waals surface area (Å²) in [7, 11) is 0. The number of carbonyl (C=O) groups is 1. The first-order valence-corrected chi connectivity index (χ1v) is 8.38. The lowest BCUT2D eigenvalue weighted by atomic mass is 10.1. The van der Waals surface area contributed by atoms with Crippen molar-refractivity contribution in [2.75, 3.05) is 6.54 Å². The lowest BCUT2D eigenvalue weighted by Crippen LogP contribution is -2.46. The summed E-state index contributed by atoms with van der Waals surface area (Å²) in [5.74, 6) is -0.187. The van der Waals surface area contributed by atoms with Crippen molar-refractivity contribution in [3.8, 4) is 5.75 Å². The molecule has 0 radical (unpaired) electrons. The van der Waals surface area contributed by atoms with Gasteiger partial charge in [0.2, 0.25) is 5.43 Å². The average molecular weight is 342 g/mol. The molecule has 132 valence electrons. The van der Waals surface area contributed by atoms with Crippen LogP contribution in [0, 0.1) is 0 Å². The third-order valence-electron chi connectivity index (χ3n) is 4.39. The van der Waals surface area contributed by atoms with E-state index in [1.807, 2.05) is 44.2 Å². The molecule has 1 aliphatic rings. The maximum Gasteiger partial charge on any atom is 0.274 e. The summed E-state index contributed by atoms with van der Waals surface area (Å²) in [5, 5.41) is 9.55. The number of amides is 1. The summed E-state index contributed by atoms with van der Waals surface area (Å²) in [4.78, 5) is 27.1. The third-order valence-corrected chi connectivity index (χ3v) is 4.39. The fraction of sp³-hybridized carbons (Fsp3) is 0.368. The zero-order valence-corrected chi connectivity index (χ0v) is 14.4. The highest BCUT2D eigenvalue weighted by atomic mass is 16.5. The molecule has 3 rings (SSSR count). The first-order valence-electron chi connectivity index (χ1n) is 8.38. The molecule has 1 aliphatic heterocycles. The van der Waals surface area contributed by atoms with Gasteiger partial charge in [0, 0.05) is 30.9 Å². The molecule has 6 heteroatoms. The zero-order chi connectivity index (χ0) is 18.0. The van der Waals surface area contributed by atoms with Gasteiger partial charge in [0.1, 0.15) is 6.61 Å². The lowest BCUT2D eigenvalue weighted by molar-refractivity contribution is 0.0633. The van der Waals surface area contributed by atoms with Gasteiger partial charge in [-0.15, -0.1) is 0 Å². The van der Waals surface area contributed by atoms with E-state index in [-0.39, 0.29) is 42.0 Å². The molecular formula is C19H22N2O4. The smallest absolute Gasteiger partial charge is 0.274 e. The number of aromatic nitrogens is 1. The summed E-state index contributed by atoms with van der Waals surface area (Å²) in [6, 6.07) is 10.9. The maximum absolute atomic E-state index is 12.9. The van der Waals surface area contributed by atoms with Crippen LogP contribution in [-0.2, 0) is 19.8 Å². The second-order valence-corrected chi connectivity index (χ2v) is 6.35. The fourth-order valence-electron chi connectivity index (χ4n) is 3.08. The largest absolute Gasteiger partial charge is 0.483 e. The molecule has 0 spiro atoms. The quantitative estimate of drug-likeness (QED) is 0.899. The van der Waals surface area contributed by atoms with Gasteiger partial charge in [-0.05, 0) is 19.4 Å². The van der Waals surface area contributed by atoms with E-state index in [4.69, 9.17) is 4.74 Å². The SMILES string of the molecule is CC(C)N1CCn2c(CO)cc(=O)c(OCc3ccccc3)c2C1=O. The molecule has 0 atom stereocenters. The third kappa shape index (κ3) is 3.30. The van der Waals surface area contributed by atoms with Crippen molar-refractivity contribution in [1.82, 2.24) is 9.47 Å². The summed E-state index contributed by atoms with van der Waals surface area (Å²) in [6.07, 6.45) is 0. The van der Waals surface area contributed by atoms with Gasteiger partial charge in [0.25, 0.3) is 5.91 Å². The molecule has 0 bridgehead atoms. The Morgan fingerprint density at radius 1 is 1.16 bits per heavy atom. The van der Waals surface area contributed by atoms with E-state index in [0.29, 0.717) is 18.8 Å². The number of benzene rings is 1. The summed E-state index contributed by atoms with van der Waals surface area (Å²) < 4.78 is 7.45. The van der Waals surface area contributed by atoms with Gasteiger partial charge in [-0.3, -0.25) is 9.59 Å². The molecule has 25 heavy (non-hydrogen) atoms. The Bertz CT molecular complexity index is 827. The van der Waals surface area contributed by atoms with Crippen molar-refractivity contribution in [2.45, 2.75) is 39.6 Å². The number of rotatable bonds is 5. The summed E-state index contributed by atoms with van der Waals surface area (Å²) in [6.45, 7) is 4.85. The minimum Gasteiger partial charge on any atom is -0.483 e. The first-order chi connectivity index (χ1) is 12.0. The van der Waals surface area contributed by atoms with Crippen LogP contribution >= 0.6 is 0 Å². The van der Waals surface area contributed by atoms with Crippen molar-refractivity contribution in [1.29, 1.82) is 0 Å². The number of fused-ring (bicyclic) bond motifs is 1. The minimum absolute atomic E-state index is 0.0242. The Hall–Kier alpha value is -2.60. The molecule has 1 N–H and O–H groups in total. The molecule has 2 heterocycles. The summed E-state index contributed by atoms with van der Waals surface area (Å²) in [5.41, 5.74) is 1.19. The number of pyridine rings is 1. The molecule has 0 saturated heterocycles. The van der Waals surface area contributed by atoms with Crippen LogP contribution in [0.3, 0.4) is 0 Å². The number of carbonyl (C=O) groups excluding carboxylic acids is 1. The lowest BCUT2D eigenvalue weighted by Gasteiger charge is -2.34.